The van der Waals surface area contributed by atoms with Crippen LogP contribution in [0.15, 0.2) is 23.2 Å². The number of methoxy groups -OCH3 is 3. The number of guanidine groups is 1. The van der Waals surface area contributed by atoms with E-state index < -0.39 is 0 Å². The molecular weight excluding hydrogens is 372 g/mol. The first-order valence-corrected chi connectivity index (χ1v) is 10.1. The maximum Gasteiger partial charge on any atom is 0.305 e. The molecule has 0 bridgehead atoms. The number of ether oxygens (including phenoxy) is 3. The van der Waals surface area contributed by atoms with Gasteiger partial charge in [0, 0.05) is 51.8 Å². The van der Waals surface area contributed by atoms with Crippen molar-refractivity contribution in [3.63, 3.8) is 0 Å². The van der Waals surface area contributed by atoms with Crippen LogP contribution < -0.4 is 20.1 Å². The molecule has 0 saturated carbocycles. The van der Waals surface area contributed by atoms with Gasteiger partial charge in [-0.05, 0) is 37.0 Å². The molecule has 1 saturated heterocycles. The van der Waals surface area contributed by atoms with E-state index in [2.05, 4.69) is 37.4 Å². The van der Waals surface area contributed by atoms with Gasteiger partial charge in [0.2, 0.25) is 0 Å². The number of aliphatic imine (C=N–C) groups is 1. The molecule has 8 nitrogen and oxygen atoms in total. The van der Waals surface area contributed by atoms with Crippen molar-refractivity contribution in [2.75, 3.05) is 48.0 Å². The molecule has 1 aliphatic rings. The maximum atomic E-state index is 11.1. The van der Waals surface area contributed by atoms with Gasteiger partial charge in [-0.1, -0.05) is 0 Å². The topological polar surface area (TPSA) is 84.4 Å². The molecule has 2 rings (SSSR count). The zero-order chi connectivity index (χ0) is 21.1. The van der Waals surface area contributed by atoms with Gasteiger partial charge in [-0.25, -0.2) is 0 Å². The molecule has 29 heavy (non-hydrogen) atoms. The Bertz CT molecular complexity index is 658. The summed E-state index contributed by atoms with van der Waals surface area (Å²) in [6.07, 6.45) is 3.21. The van der Waals surface area contributed by atoms with E-state index in [0.717, 1.165) is 62.9 Å². The molecule has 8 heteroatoms. The van der Waals surface area contributed by atoms with Crippen LogP contribution in [0.25, 0.3) is 0 Å². The Hall–Kier alpha value is -2.48. The lowest BCUT2D eigenvalue weighted by Crippen LogP contribution is -2.44. The molecule has 1 unspecified atom stereocenters. The molecule has 1 heterocycles. The highest BCUT2D eigenvalue weighted by atomic mass is 16.5. The molecular formula is C21H34N4O4. The van der Waals surface area contributed by atoms with Crippen LogP contribution in [0.4, 0.5) is 0 Å². The summed E-state index contributed by atoms with van der Waals surface area (Å²) in [5.41, 5.74) is 1.18. The Balaban J connectivity index is 1.75. The predicted molar refractivity (Wildman–Crippen MR) is 114 cm³/mol. The number of nitrogens with one attached hydrogen (secondary N) is 2. The van der Waals surface area contributed by atoms with Crippen molar-refractivity contribution in [1.82, 2.24) is 15.5 Å². The zero-order valence-electron chi connectivity index (χ0n) is 18.0. The number of hydrogen-bond acceptors (Lipinski definition) is 6. The summed E-state index contributed by atoms with van der Waals surface area (Å²) in [5.74, 6) is 2.26. The van der Waals surface area contributed by atoms with Crippen molar-refractivity contribution in [2.24, 2.45) is 4.99 Å². The molecule has 1 aromatic carbocycles. The van der Waals surface area contributed by atoms with Crippen LogP contribution in [0.5, 0.6) is 11.5 Å². The van der Waals surface area contributed by atoms with E-state index in [4.69, 9.17) is 9.47 Å². The fourth-order valence-corrected chi connectivity index (χ4v) is 3.40. The van der Waals surface area contributed by atoms with Crippen molar-refractivity contribution in [3.05, 3.63) is 23.8 Å². The summed E-state index contributed by atoms with van der Waals surface area (Å²) in [6.45, 7) is 3.60. The van der Waals surface area contributed by atoms with E-state index in [1.54, 1.807) is 21.3 Å². The number of hydrogen-bond donors (Lipinski definition) is 2. The van der Waals surface area contributed by atoms with Gasteiger partial charge < -0.3 is 24.8 Å². The van der Waals surface area contributed by atoms with E-state index in [1.807, 2.05) is 6.07 Å². The molecule has 0 amide bonds. The van der Waals surface area contributed by atoms with Crippen molar-refractivity contribution < 1.29 is 19.0 Å². The number of likely N-dealkylation sites (tertiary alicyclic amines) is 1. The van der Waals surface area contributed by atoms with Gasteiger partial charge >= 0.3 is 5.97 Å². The third kappa shape index (κ3) is 7.81. The normalized spacial score (nSPS) is 17.1. The maximum absolute atomic E-state index is 11.1. The summed E-state index contributed by atoms with van der Waals surface area (Å²) in [4.78, 5) is 17.8. The second kappa shape index (κ2) is 12.2. The average Bonchev–Trinajstić information content (AvgIpc) is 3.18. The first-order chi connectivity index (χ1) is 14.1. The Morgan fingerprint density at radius 2 is 1.90 bits per heavy atom. The number of esters is 1. The summed E-state index contributed by atoms with van der Waals surface area (Å²) in [6, 6.07) is 6.35. The molecule has 1 aromatic rings. The van der Waals surface area contributed by atoms with E-state index in [-0.39, 0.29) is 5.97 Å². The highest BCUT2D eigenvalue weighted by Crippen LogP contribution is 2.24. The van der Waals surface area contributed by atoms with Crippen LogP contribution in [-0.2, 0) is 16.1 Å². The quantitative estimate of drug-likeness (QED) is 0.265. The third-order valence-electron chi connectivity index (χ3n) is 4.98. The van der Waals surface area contributed by atoms with E-state index in [0.29, 0.717) is 12.5 Å². The first kappa shape index (κ1) is 22.8. The van der Waals surface area contributed by atoms with Gasteiger partial charge in [-0.2, -0.15) is 0 Å². The number of carbonyl (C=O) groups is 1. The molecule has 162 valence electrons. The lowest BCUT2D eigenvalue weighted by molar-refractivity contribution is -0.140. The highest BCUT2D eigenvalue weighted by Gasteiger charge is 2.23. The van der Waals surface area contributed by atoms with Crippen LogP contribution in [0.2, 0.25) is 0 Å². The summed E-state index contributed by atoms with van der Waals surface area (Å²) in [7, 11) is 6.53. The van der Waals surface area contributed by atoms with E-state index in [9.17, 15) is 4.79 Å². The minimum Gasteiger partial charge on any atom is -0.497 e. The summed E-state index contributed by atoms with van der Waals surface area (Å²) in [5, 5.41) is 6.81. The summed E-state index contributed by atoms with van der Waals surface area (Å²) < 4.78 is 15.4. The fraction of sp³-hybridized carbons (Fsp3) is 0.619. The highest BCUT2D eigenvalue weighted by molar-refractivity contribution is 5.80. The largest absolute Gasteiger partial charge is 0.497 e. The van der Waals surface area contributed by atoms with Gasteiger partial charge in [-0.3, -0.25) is 14.7 Å². The Morgan fingerprint density at radius 3 is 2.52 bits per heavy atom. The fourth-order valence-electron chi connectivity index (χ4n) is 3.40. The van der Waals surface area contributed by atoms with Crippen LogP contribution in [0.1, 0.15) is 31.2 Å². The predicted octanol–water partition coefficient (Wildman–Crippen LogP) is 1.79. The Morgan fingerprint density at radius 1 is 1.17 bits per heavy atom. The van der Waals surface area contributed by atoms with Crippen LogP contribution in [0.3, 0.4) is 0 Å². The Labute approximate surface area is 173 Å². The number of unbranched alkanes of at least 4 members (excludes halogenated alkanes) is 1. The van der Waals surface area contributed by atoms with Crippen molar-refractivity contribution in [2.45, 2.75) is 38.3 Å². The first-order valence-electron chi connectivity index (χ1n) is 10.1. The molecule has 2 N–H and O–H groups in total. The van der Waals surface area contributed by atoms with Crippen LogP contribution in [0, 0.1) is 0 Å². The SMILES string of the molecule is CN=C(NCCCCC(=O)OC)NC1CCN(Cc2cc(OC)cc(OC)c2)C1. The van der Waals surface area contributed by atoms with Gasteiger partial charge in [0.1, 0.15) is 11.5 Å². The molecule has 0 spiro atoms. The molecule has 1 aliphatic heterocycles. The monoisotopic (exact) mass is 406 g/mol. The third-order valence-corrected chi connectivity index (χ3v) is 4.98. The smallest absolute Gasteiger partial charge is 0.305 e. The minimum absolute atomic E-state index is 0.160. The number of rotatable bonds is 10. The second-order valence-electron chi connectivity index (χ2n) is 7.12. The van der Waals surface area contributed by atoms with E-state index in [1.165, 1.54) is 12.7 Å². The standard InChI is InChI=1S/C21H34N4O4/c1-22-21(23-9-6-5-7-20(26)29-4)24-17-8-10-25(15-17)14-16-11-18(27-2)13-19(12-16)28-3/h11-13,17H,5-10,14-15H2,1-4H3,(H2,22,23,24). The second-order valence-corrected chi connectivity index (χ2v) is 7.12. The lowest BCUT2D eigenvalue weighted by Gasteiger charge is -2.19. The van der Waals surface area contributed by atoms with Gasteiger partial charge in [0.25, 0.3) is 0 Å². The Kier molecular flexibility index (Phi) is 9.56. The molecule has 1 fully saturated rings. The number of benzene rings is 1. The minimum atomic E-state index is -0.160. The lowest BCUT2D eigenvalue weighted by atomic mass is 10.2. The molecule has 0 aliphatic carbocycles. The van der Waals surface area contributed by atoms with Crippen LogP contribution >= 0.6 is 0 Å². The van der Waals surface area contributed by atoms with Crippen molar-refractivity contribution >= 4 is 11.9 Å². The number of carbonyl (C=O) groups excluding carboxylic acids is 1. The molecule has 0 aromatic heterocycles. The van der Waals surface area contributed by atoms with Gasteiger partial charge in [-0.15, -0.1) is 0 Å². The molecule has 1 atom stereocenters. The average molecular weight is 407 g/mol. The van der Waals surface area contributed by atoms with E-state index >= 15 is 0 Å². The van der Waals surface area contributed by atoms with Crippen molar-refractivity contribution in [3.8, 4) is 11.5 Å². The molecule has 0 radical (unpaired) electrons. The van der Waals surface area contributed by atoms with Gasteiger partial charge in [0.05, 0.1) is 21.3 Å². The van der Waals surface area contributed by atoms with Crippen LogP contribution in [-0.4, -0.2) is 70.9 Å². The van der Waals surface area contributed by atoms with Gasteiger partial charge in [0.15, 0.2) is 5.96 Å². The summed E-state index contributed by atoms with van der Waals surface area (Å²) >= 11 is 0. The number of nitrogens with zero attached hydrogens (tertiary/aromatic N) is 2. The van der Waals surface area contributed by atoms with Crippen molar-refractivity contribution in [1.29, 1.82) is 0 Å². The zero-order valence-corrected chi connectivity index (χ0v) is 18.0.